The highest BCUT2D eigenvalue weighted by Crippen LogP contribution is 2.16. The smallest absolute Gasteiger partial charge is 0.242 e. The van der Waals surface area contributed by atoms with Crippen LogP contribution in [0.3, 0.4) is 0 Å². The van der Waals surface area contributed by atoms with E-state index in [0.29, 0.717) is 37.2 Å². The van der Waals surface area contributed by atoms with Crippen LogP contribution in [0, 0.1) is 0 Å². The van der Waals surface area contributed by atoms with Gasteiger partial charge in [0.1, 0.15) is 0 Å². The van der Waals surface area contributed by atoms with Crippen molar-refractivity contribution in [1.29, 1.82) is 0 Å². The number of hydrogen-bond acceptors (Lipinski definition) is 4. The van der Waals surface area contributed by atoms with Gasteiger partial charge < -0.3 is 15.1 Å². The molecule has 2 rings (SSSR count). The second kappa shape index (κ2) is 10.8. The molecule has 10 heteroatoms. The first-order chi connectivity index (χ1) is 13.0. The molecular formula is C19H30ClIN4O3S. The molecule has 0 aromatic heterocycles. The first kappa shape index (κ1) is 26.0. The maximum Gasteiger partial charge on any atom is 0.242 e. The zero-order valence-electron chi connectivity index (χ0n) is 17.3. The number of halogens is 2. The first-order valence-corrected chi connectivity index (χ1v) is 11.6. The van der Waals surface area contributed by atoms with Crippen LogP contribution >= 0.6 is 35.6 Å². The molecule has 0 radical (unpaired) electrons. The number of nitrogens with zero attached hydrogens (tertiary/aromatic N) is 3. The van der Waals surface area contributed by atoms with E-state index in [1.54, 1.807) is 13.8 Å². The fourth-order valence-electron chi connectivity index (χ4n) is 2.68. The first-order valence-electron chi connectivity index (χ1n) is 9.28. The number of hydrogen-bond donors (Lipinski definition) is 1. The third kappa shape index (κ3) is 7.29. The van der Waals surface area contributed by atoms with Gasteiger partial charge in [-0.15, -0.1) is 24.0 Å². The van der Waals surface area contributed by atoms with E-state index in [9.17, 15) is 13.2 Å². The Bertz CT molecular complexity index is 828. The van der Waals surface area contributed by atoms with Gasteiger partial charge in [-0.2, -0.15) is 0 Å². The summed E-state index contributed by atoms with van der Waals surface area (Å²) < 4.78 is 22.9. The van der Waals surface area contributed by atoms with Crippen LogP contribution < -0.4 is 5.32 Å². The summed E-state index contributed by atoms with van der Waals surface area (Å²) in [7, 11) is -3.24. The summed E-state index contributed by atoms with van der Waals surface area (Å²) in [6, 6.07) is 7.47. The molecule has 7 nitrogen and oxygen atoms in total. The lowest BCUT2D eigenvalue weighted by Crippen LogP contribution is -2.55. The zero-order chi connectivity index (χ0) is 20.9. The van der Waals surface area contributed by atoms with Gasteiger partial charge in [0, 0.05) is 37.5 Å². The van der Waals surface area contributed by atoms with Gasteiger partial charge in [-0.3, -0.25) is 9.79 Å². The highest BCUT2D eigenvalue weighted by molar-refractivity contribution is 14.0. The molecule has 0 saturated carbocycles. The van der Waals surface area contributed by atoms with Gasteiger partial charge in [0.15, 0.2) is 15.8 Å². The summed E-state index contributed by atoms with van der Waals surface area (Å²) in [6.07, 6.45) is 1.22. The molecular weight excluding hydrogens is 527 g/mol. The van der Waals surface area contributed by atoms with Gasteiger partial charge in [-0.05, 0) is 38.5 Å². The Kier molecular flexibility index (Phi) is 9.68. The lowest BCUT2D eigenvalue weighted by Gasteiger charge is -2.36. The Morgan fingerprint density at radius 1 is 1.24 bits per heavy atom. The molecule has 1 amide bonds. The van der Waals surface area contributed by atoms with E-state index < -0.39 is 14.6 Å². The SMILES string of the molecule is CCNC(=NCC(C)(C)S(C)(=O)=O)N1CCN(Cc2ccc(Cl)cc2)C(=O)C1.I. The number of benzene rings is 1. The Hall–Kier alpha value is -1.07. The van der Waals surface area contributed by atoms with Crippen molar-refractivity contribution in [2.24, 2.45) is 4.99 Å². The third-order valence-electron chi connectivity index (χ3n) is 4.85. The quantitative estimate of drug-likeness (QED) is 0.331. The number of guanidine groups is 1. The highest BCUT2D eigenvalue weighted by Gasteiger charge is 2.31. The van der Waals surface area contributed by atoms with E-state index in [0.717, 1.165) is 5.56 Å². The number of piperazine rings is 1. The Labute approximate surface area is 195 Å². The Morgan fingerprint density at radius 2 is 1.86 bits per heavy atom. The molecule has 0 bridgehead atoms. The van der Waals surface area contributed by atoms with Crippen LogP contribution in [0.2, 0.25) is 5.02 Å². The molecule has 1 aliphatic heterocycles. The summed E-state index contributed by atoms with van der Waals surface area (Å²) in [5.74, 6) is 0.577. The minimum atomic E-state index is -3.24. The van der Waals surface area contributed by atoms with E-state index in [1.165, 1.54) is 6.26 Å². The minimum absolute atomic E-state index is 0. The number of nitrogens with one attached hydrogen (secondary N) is 1. The largest absolute Gasteiger partial charge is 0.357 e. The second-order valence-electron chi connectivity index (χ2n) is 7.57. The van der Waals surface area contributed by atoms with Gasteiger partial charge in [0.05, 0.1) is 17.8 Å². The molecule has 1 aromatic rings. The lowest BCUT2D eigenvalue weighted by atomic mass is 10.2. The van der Waals surface area contributed by atoms with Crippen molar-refractivity contribution in [2.45, 2.75) is 32.1 Å². The van der Waals surface area contributed by atoms with Crippen molar-refractivity contribution in [3.05, 3.63) is 34.9 Å². The van der Waals surface area contributed by atoms with Crippen LogP contribution in [0.5, 0.6) is 0 Å². The second-order valence-corrected chi connectivity index (χ2v) is 10.7. The fourth-order valence-corrected chi connectivity index (χ4v) is 3.10. The van der Waals surface area contributed by atoms with Crippen LogP contribution in [-0.4, -0.2) is 73.8 Å². The van der Waals surface area contributed by atoms with Crippen molar-refractivity contribution in [3.8, 4) is 0 Å². The normalized spacial score (nSPS) is 15.9. The van der Waals surface area contributed by atoms with Crippen molar-refractivity contribution in [2.75, 3.05) is 39.0 Å². The monoisotopic (exact) mass is 556 g/mol. The molecule has 1 saturated heterocycles. The Balaban J connectivity index is 0.00000420. The number of amides is 1. The number of aliphatic imine (C=N–C) groups is 1. The number of sulfone groups is 1. The minimum Gasteiger partial charge on any atom is -0.357 e. The molecule has 164 valence electrons. The van der Waals surface area contributed by atoms with Gasteiger partial charge >= 0.3 is 0 Å². The summed E-state index contributed by atoms with van der Waals surface area (Å²) in [5.41, 5.74) is 1.03. The average Bonchev–Trinajstić information content (AvgIpc) is 2.61. The molecule has 1 N–H and O–H groups in total. The van der Waals surface area contributed by atoms with Gasteiger partial charge in [-0.1, -0.05) is 23.7 Å². The molecule has 1 heterocycles. The fraction of sp³-hybridized carbons (Fsp3) is 0.579. The lowest BCUT2D eigenvalue weighted by molar-refractivity contribution is -0.135. The maximum absolute atomic E-state index is 12.6. The predicted octanol–water partition coefficient (Wildman–Crippen LogP) is 2.39. The molecule has 0 aliphatic carbocycles. The van der Waals surface area contributed by atoms with Crippen LogP contribution in [0.4, 0.5) is 0 Å². The van der Waals surface area contributed by atoms with E-state index in [1.807, 2.05) is 41.0 Å². The topological polar surface area (TPSA) is 82.1 Å². The van der Waals surface area contributed by atoms with Crippen LogP contribution in [0.15, 0.2) is 29.3 Å². The predicted molar refractivity (Wildman–Crippen MR) is 129 cm³/mol. The highest BCUT2D eigenvalue weighted by atomic mass is 127. The number of carbonyl (C=O) groups excluding carboxylic acids is 1. The van der Waals surface area contributed by atoms with Crippen LogP contribution in [0.25, 0.3) is 0 Å². The summed E-state index contributed by atoms with van der Waals surface area (Å²) in [5, 5.41) is 3.83. The molecule has 0 spiro atoms. The number of rotatable bonds is 6. The van der Waals surface area contributed by atoms with E-state index in [4.69, 9.17) is 11.6 Å². The summed E-state index contributed by atoms with van der Waals surface area (Å²) in [6.45, 7) is 7.97. The Morgan fingerprint density at radius 3 is 2.38 bits per heavy atom. The third-order valence-corrected chi connectivity index (χ3v) is 7.24. The van der Waals surface area contributed by atoms with Crippen molar-refractivity contribution < 1.29 is 13.2 Å². The van der Waals surface area contributed by atoms with E-state index in [-0.39, 0.29) is 43.0 Å². The molecule has 1 aliphatic rings. The average molecular weight is 557 g/mol. The molecule has 0 atom stereocenters. The van der Waals surface area contributed by atoms with Gasteiger partial charge in [0.25, 0.3) is 0 Å². The maximum atomic E-state index is 12.6. The van der Waals surface area contributed by atoms with Gasteiger partial charge in [-0.25, -0.2) is 8.42 Å². The zero-order valence-corrected chi connectivity index (χ0v) is 21.2. The van der Waals surface area contributed by atoms with Crippen molar-refractivity contribution in [3.63, 3.8) is 0 Å². The summed E-state index contributed by atoms with van der Waals surface area (Å²) >= 11 is 5.91. The van der Waals surface area contributed by atoms with Crippen molar-refractivity contribution >= 4 is 57.3 Å². The molecule has 0 unspecified atom stereocenters. The van der Waals surface area contributed by atoms with Gasteiger partial charge in [0.2, 0.25) is 5.91 Å². The molecule has 1 fully saturated rings. The van der Waals surface area contributed by atoms with Crippen LogP contribution in [0.1, 0.15) is 26.3 Å². The number of carbonyl (C=O) groups is 1. The molecule has 29 heavy (non-hydrogen) atoms. The van der Waals surface area contributed by atoms with E-state index in [2.05, 4.69) is 10.3 Å². The van der Waals surface area contributed by atoms with E-state index >= 15 is 0 Å². The standard InChI is InChI=1S/C19H29ClN4O3S.HI/c1-5-21-18(22-14-19(2,3)28(4,26)27)24-11-10-23(17(25)13-24)12-15-6-8-16(20)9-7-15;/h6-9H,5,10-14H2,1-4H3,(H,21,22);1H. The van der Waals surface area contributed by atoms with Crippen LogP contribution in [-0.2, 0) is 21.2 Å². The molecule has 1 aromatic carbocycles. The summed E-state index contributed by atoms with van der Waals surface area (Å²) in [4.78, 5) is 20.8. The van der Waals surface area contributed by atoms with Crippen molar-refractivity contribution in [1.82, 2.24) is 15.1 Å².